The molecule has 5 nitrogen and oxygen atoms in total. The van der Waals surface area contributed by atoms with E-state index in [9.17, 15) is 9.59 Å². The fourth-order valence-corrected chi connectivity index (χ4v) is 3.35. The average molecular weight is 374 g/mol. The standard InChI is InChI=1S/C20H23N3O2.ClH/c21-11-17-13-23(14-18(17)15-7-3-1-4-8-15)19(24)12-22-20(25)16-9-5-2-6-10-16;/h1-10,17-18H,11-14,21H2,(H,22,25);1H/t17-,18+;/m1./s1. The molecule has 0 bridgehead atoms. The van der Waals surface area contributed by atoms with Gasteiger partial charge >= 0.3 is 0 Å². The summed E-state index contributed by atoms with van der Waals surface area (Å²) < 4.78 is 0. The Bertz CT molecular complexity index is 724. The van der Waals surface area contributed by atoms with Crippen LogP contribution in [0.2, 0.25) is 0 Å². The summed E-state index contributed by atoms with van der Waals surface area (Å²) in [6, 6.07) is 19.1. The highest BCUT2D eigenvalue weighted by molar-refractivity contribution is 5.96. The molecule has 26 heavy (non-hydrogen) atoms. The number of carbonyl (C=O) groups excluding carboxylic acids is 2. The molecule has 2 amide bonds. The van der Waals surface area contributed by atoms with Gasteiger partial charge in [0.05, 0.1) is 6.54 Å². The summed E-state index contributed by atoms with van der Waals surface area (Å²) in [5.74, 6) is 0.195. The molecular formula is C20H24ClN3O2. The number of hydrogen-bond acceptors (Lipinski definition) is 3. The Hall–Kier alpha value is -2.37. The molecule has 0 aliphatic carbocycles. The maximum absolute atomic E-state index is 12.5. The van der Waals surface area contributed by atoms with Gasteiger partial charge in [-0.05, 0) is 30.2 Å². The Morgan fingerprint density at radius 3 is 2.23 bits per heavy atom. The first-order valence-corrected chi connectivity index (χ1v) is 8.55. The number of carbonyl (C=O) groups is 2. The van der Waals surface area contributed by atoms with Crippen molar-refractivity contribution in [3.63, 3.8) is 0 Å². The van der Waals surface area contributed by atoms with Crippen molar-refractivity contribution in [3.8, 4) is 0 Å². The zero-order valence-electron chi connectivity index (χ0n) is 14.5. The minimum absolute atomic E-state index is 0. The SMILES string of the molecule is Cl.NC[C@@H]1CN(C(=O)CNC(=O)c2ccccc2)C[C@H]1c1ccccc1. The first-order chi connectivity index (χ1) is 12.2. The van der Waals surface area contributed by atoms with Gasteiger partial charge in [0, 0.05) is 24.6 Å². The van der Waals surface area contributed by atoms with Crippen LogP contribution in [0.5, 0.6) is 0 Å². The first-order valence-electron chi connectivity index (χ1n) is 8.55. The van der Waals surface area contributed by atoms with E-state index >= 15 is 0 Å². The highest BCUT2D eigenvalue weighted by atomic mass is 35.5. The quantitative estimate of drug-likeness (QED) is 0.842. The fraction of sp³-hybridized carbons (Fsp3) is 0.300. The van der Waals surface area contributed by atoms with Gasteiger partial charge in [0.15, 0.2) is 0 Å². The Balaban J connectivity index is 0.00000243. The van der Waals surface area contributed by atoms with Crippen LogP contribution in [0.25, 0.3) is 0 Å². The molecule has 2 aromatic carbocycles. The van der Waals surface area contributed by atoms with Crippen LogP contribution in [-0.4, -0.2) is 42.9 Å². The molecule has 1 aliphatic heterocycles. The van der Waals surface area contributed by atoms with Gasteiger partial charge in [0.2, 0.25) is 5.91 Å². The second-order valence-corrected chi connectivity index (χ2v) is 6.36. The predicted octanol–water partition coefficient (Wildman–Crippen LogP) is 2.04. The lowest BCUT2D eigenvalue weighted by Gasteiger charge is -2.17. The van der Waals surface area contributed by atoms with Crippen LogP contribution >= 0.6 is 12.4 Å². The second kappa shape index (κ2) is 9.36. The molecule has 0 unspecified atom stereocenters. The van der Waals surface area contributed by atoms with Crippen molar-refractivity contribution in [2.45, 2.75) is 5.92 Å². The molecular weight excluding hydrogens is 350 g/mol. The Morgan fingerprint density at radius 2 is 1.62 bits per heavy atom. The summed E-state index contributed by atoms with van der Waals surface area (Å²) in [7, 11) is 0. The van der Waals surface area contributed by atoms with Crippen LogP contribution in [0.15, 0.2) is 60.7 Å². The van der Waals surface area contributed by atoms with E-state index in [0.29, 0.717) is 25.2 Å². The number of amides is 2. The lowest BCUT2D eigenvalue weighted by atomic mass is 9.89. The van der Waals surface area contributed by atoms with Crippen LogP contribution in [0.3, 0.4) is 0 Å². The van der Waals surface area contributed by atoms with E-state index in [1.54, 1.807) is 29.2 Å². The van der Waals surface area contributed by atoms with Crippen LogP contribution < -0.4 is 11.1 Å². The third-order valence-electron chi connectivity index (χ3n) is 4.76. The van der Waals surface area contributed by atoms with E-state index in [0.717, 1.165) is 0 Å². The van der Waals surface area contributed by atoms with Crippen LogP contribution in [0.1, 0.15) is 21.8 Å². The zero-order chi connectivity index (χ0) is 17.6. The van der Waals surface area contributed by atoms with Gasteiger partial charge in [-0.1, -0.05) is 48.5 Å². The van der Waals surface area contributed by atoms with Gasteiger partial charge in [-0.25, -0.2) is 0 Å². The number of benzene rings is 2. The maximum atomic E-state index is 12.5. The highest BCUT2D eigenvalue weighted by Gasteiger charge is 2.35. The van der Waals surface area contributed by atoms with Crippen LogP contribution in [0.4, 0.5) is 0 Å². The summed E-state index contributed by atoms with van der Waals surface area (Å²) in [6.45, 7) is 1.83. The molecule has 2 aromatic rings. The minimum Gasteiger partial charge on any atom is -0.343 e. The number of halogens is 1. The smallest absolute Gasteiger partial charge is 0.251 e. The summed E-state index contributed by atoms with van der Waals surface area (Å²) >= 11 is 0. The third kappa shape index (κ3) is 4.62. The lowest BCUT2D eigenvalue weighted by molar-refractivity contribution is -0.129. The van der Waals surface area contributed by atoms with E-state index in [1.807, 2.05) is 24.3 Å². The first kappa shape index (κ1) is 19.9. The summed E-state index contributed by atoms with van der Waals surface area (Å²) in [5, 5.41) is 2.70. The monoisotopic (exact) mass is 373 g/mol. The second-order valence-electron chi connectivity index (χ2n) is 6.36. The number of hydrogen-bond donors (Lipinski definition) is 2. The summed E-state index contributed by atoms with van der Waals surface area (Å²) in [4.78, 5) is 26.4. The molecule has 3 rings (SSSR count). The largest absolute Gasteiger partial charge is 0.343 e. The molecule has 1 aliphatic rings. The Kier molecular flexibility index (Phi) is 7.18. The van der Waals surface area contributed by atoms with E-state index < -0.39 is 0 Å². The van der Waals surface area contributed by atoms with Crippen molar-refractivity contribution >= 4 is 24.2 Å². The van der Waals surface area contributed by atoms with Gasteiger partial charge in [-0.3, -0.25) is 9.59 Å². The zero-order valence-corrected chi connectivity index (χ0v) is 15.3. The fourth-order valence-electron chi connectivity index (χ4n) is 3.35. The topological polar surface area (TPSA) is 75.4 Å². The summed E-state index contributed by atoms with van der Waals surface area (Å²) in [6.07, 6.45) is 0. The molecule has 1 fully saturated rings. The molecule has 6 heteroatoms. The normalized spacial score (nSPS) is 18.9. The third-order valence-corrected chi connectivity index (χ3v) is 4.76. The van der Waals surface area contributed by atoms with Gasteiger partial charge in [-0.2, -0.15) is 0 Å². The van der Waals surface area contributed by atoms with E-state index in [2.05, 4.69) is 17.4 Å². The molecule has 138 valence electrons. The van der Waals surface area contributed by atoms with E-state index in [4.69, 9.17) is 5.73 Å². The van der Waals surface area contributed by atoms with Crippen LogP contribution in [-0.2, 0) is 4.79 Å². The van der Waals surface area contributed by atoms with Gasteiger partial charge in [0.25, 0.3) is 5.91 Å². The van der Waals surface area contributed by atoms with Crippen molar-refractivity contribution in [3.05, 3.63) is 71.8 Å². The minimum atomic E-state index is -0.233. The molecule has 0 saturated carbocycles. The van der Waals surface area contributed by atoms with Crippen molar-refractivity contribution < 1.29 is 9.59 Å². The summed E-state index contributed by atoms with van der Waals surface area (Å²) in [5.41, 5.74) is 7.68. The van der Waals surface area contributed by atoms with Crippen LogP contribution in [0, 0.1) is 5.92 Å². The number of rotatable bonds is 5. The van der Waals surface area contributed by atoms with E-state index in [1.165, 1.54) is 5.56 Å². The van der Waals surface area contributed by atoms with Crippen molar-refractivity contribution in [2.24, 2.45) is 11.7 Å². The predicted molar refractivity (Wildman–Crippen MR) is 104 cm³/mol. The highest BCUT2D eigenvalue weighted by Crippen LogP contribution is 2.31. The molecule has 0 spiro atoms. The molecule has 1 saturated heterocycles. The Morgan fingerprint density at radius 1 is 1.00 bits per heavy atom. The number of likely N-dealkylation sites (tertiary alicyclic amines) is 1. The average Bonchev–Trinajstić information content (AvgIpc) is 3.12. The number of nitrogens with one attached hydrogen (secondary N) is 1. The van der Waals surface area contributed by atoms with Crippen molar-refractivity contribution in [1.82, 2.24) is 10.2 Å². The molecule has 0 radical (unpaired) electrons. The van der Waals surface area contributed by atoms with Crippen molar-refractivity contribution in [2.75, 3.05) is 26.2 Å². The number of nitrogens with two attached hydrogens (primary N) is 1. The molecule has 3 N–H and O–H groups in total. The van der Waals surface area contributed by atoms with Gasteiger partial charge < -0.3 is 16.0 Å². The maximum Gasteiger partial charge on any atom is 0.251 e. The molecule has 0 aromatic heterocycles. The molecule has 1 heterocycles. The van der Waals surface area contributed by atoms with Gasteiger partial charge in [-0.15, -0.1) is 12.4 Å². The van der Waals surface area contributed by atoms with Gasteiger partial charge in [0.1, 0.15) is 0 Å². The van der Waals surface area contributed by atoms with Crippen molar-refractivity contribution in [1.29, 1.82) is 0 Å². The molecule has 2 atom stereocenters. The lowest BCUT2D eigenvalue weighted by Crippen LogP contribution is -2.39. The number of nitrogens with zero attached hydrogens (tertiary/aromatic N) is 1. The van der Waals surface area contributed by atoms with E-state index in [-0.39, 0.29) is 42.6 Å². The Labute approximate surface area is 160 Å².